The van der Waals surface area contributed by atoms with Crippen molar-refractivity contribution in [2.45, 2.75) is 24.2 Å². The number of ether oxygens (including phenoxy) is 1. The molecule has 1 unspecified atom stereocenters. The Morgan fingerprint density at radius 1 is 1.19 bits per heavy atom. The first kappa shape index (κ1) is 16.8. The Morgan fingerprint density at radius 3 is 2.74 bits per heavy atom. The predicted octanol–water partition coefficient (Wildman–Crippen LogP) is 3.68. The average Bonchev–Trinajstić information content (AvgIpc) is 3.28. The van der Waals surface area contributed by atoms with Gasteiger partial charge in [0.25, 0.3) is 10.0 Å². The highest BCUT2D eigenvalue weighted by molar-refractivity contribution is 7.90. The molecule has 1 fully saturated rings. The normalized spacial score (nSPS) is 20.7. The molecule has 2 aliphatic heterocycles. The van der Waals surface area contributed by atoms with E-state index in [-0.39, 0.29) is 0 Å². The Bertz CT molecular complexity index is 1160. The van der Waals surface area contributed by atoms with Gasteiger partial charge in [-0.25, -0.2) is 12.4 Å². The standard InChI is InChI=1S/C21H22N2O3S/c1-3-26-15-8-9-18-17(12-15)20(14-10-11-22(2)13-14)21-16-6-4-5-7-19(16)27(24,25)23(18)21/h4-9,12,14H,3,10-11,13H2,1-2H3. The van der Waals surface area contributed by atoms with Crippen LogP contribution in [0.1, 0.15) is 24.8 Å². The number of likely N-dealkylation sites (N-methyl/N-ethyl adjacent to an activating group) is 1. The van der Waals surface area contributed by atoms with Gasteiger partial charge in [-0.15, -0.1) is 0 Å². The van der Waals surface area contributed by atoms with Crippen LogP contribution in [0.5, 0.6) is 5.75 Å². The van der Waals surface area contributed by atoms with E-state index in [2.05, 4.69) is 11.9 Å². The topological polar surface area (TPSA) is 51.5 Å². The molecule has 5 rings (SSSR count). The Labute approximate surface area is 159 Å². The number of likely N-dealkylation sites (tertiary alicyclic amines) is 1. The summed E-state index contributed by atoms with van der Waals surface area (Å²) in [6, 6.07) is 13.1. The van der Waals surface area contributed by atoms with Gasteiger partial charge < -0.3 is 9.64 Å². The van der Waals surface area contributed by atoms with Crippen LogP contribution in [0.4, 0.5) is 0 Å². The second-order valence-corrected chi connectivity index (χ2v) is 9.14. The van der Waals surface area contributed by atoms with Crippen LogP contribution in [0.15, 0.2) is 47.4 Å². The molecule has 0 saturated carbocycles. The third-order valence-corrected chi connectivity index (χ3v) is 7.48. The molecule has 0 bridgehead atoms. The number of aromatic nitrogens is 1. The van der Waals surface area contributed by atoms with Crippen LogP contribution in [-0.2, 0) is 10.0 Å². The third kappa shape index (κ3) is 2.29. The molecule has 1 atom stereocenters. The second-order valence-electron chi connectivity index (χ2n) is 7.39. The highest BCUT2D eigenvalue weighted by Crippen LogP contribution is 2.49. The van der Waals surface area contributed by atoms with Crippen LogP contribution >= 0.6 is 0 Å². The van der Waals surface area contributed by atoms with Gasteiger partial charge in [0.1, 0.15) is 5.75 Å². The SMILES string of the molecule is CCOc1ccc2c(c1)c(C1CCN(C)C1)c1n2S(=O)(=O)c2ccccc2-1. The van der Waals surface area contributed by atoms with Gasteiger partial charge in [-0.2, -0.15) is 0 Å². The summed E-state index contributed by atoms with van der Waals surface area (Å²) in [4.78, 5) is 2.71. The quantitative estimate of drug-likeness (QED) is 0.542. The number of nitrogens with zero attached hydrogens (tertiary/aromatic N) is 2. The van der Waals surface area contributed by atoms with Crippen LogP contribution in [0, 0.1) is 0 Å². The Balaban J connectivity index is 1.88. The van der Waals surface area contributed by atoms with Crippen molar-refractivity contribution in [2.24, 2.45) is 0 Å². The summed E-state index contributed by atoms with van der Waals surface area (Å²) < 4.78 is 33.9. The lowest BCUT2D eigenvalue weighted by Gasteiger charge is -2.13. The summed E-state index contributed by atoms with van der Waals surface area (Å²) in [6.07, 6.45) is 1.03. The van der Waals surface area contributed by atoms with E-state index in [9.17, 15) is 8.42 Å². The molecule has 0 N–H and O–H groups in total. The maximum Gasteiger partial charge on any atom is 0.269 e. The van der Waals surface area contributed by atoms with Crippen molar-refractivity contribution < 1.29 is 13.2 Å². The molecule has 5 nitrogen and oxygen atoms in total. The largest absolute Gasteiger partial charge is 0.494 e. The van der Waals surface area contributed by atoms with Crippen molar-refractivity contribution in [2.75, 3.05) is 26.7 Å². The van der Waals surface area contributed by atoms with E-state index < -0.39 is 10.0 Å². The van der Waals surface area contributed by atoms with Gasteiger partial charge in [-0.05, 0) is 56.8 Å². The van der Waals surface area contributed by atoms with Gasteiger partial charge in [-0.3, -0.25) is 0 Å². The Kier molecular flexibility index (Phi) is 3.64. The first-order chi connectivity index (χ1) is 13.0. The van der Waals surface area contributed by atoms with Crippen LogP contribution < -0.4 is 4.74 Å². The summed E-state index contributed by atoms with van der Waals surface area (Å²) in [7, 11) is -1.46. The molecule has 0 radical (unpaired) electrons. The lowest BCUT2D eigenvalue weighted by atomic mass is 9.92. The fourth-order valence-corrected chi connectivity index (χ4v) is 6.34. The van der Waals surface area contributed by atoms with Crippen molar-refractivity contribution in [3.8, 4) is 17.0 Å². The molecule has 27 heavy (non-hydrogen) atoms. The lowest BCUT2D eigenvalue weighted by Crippen LogP contribution is -2.13. The number of fused-ring (bicyclic) bond motifs is 5. The Morgan fingerprint density at radius 2 is 2.00 bits per heavy atom. The van der Waals surface area contributed by atoms with Crippen LogP contribution in [0.25, 0.3) is 22.2 Å². The fourth-order valence-electron chi connectivity index (χ4n) is 4.60. The van der Waals surface area contributed by atoms with Crippen molar-refractivity contribution in [3.05, 3.63) is 48.0 Å². The molecule has 2 aromatic carbocycles. The van der Waals surface area contributed by atoms with Crippen molar-refractivity contribution in [1.82, 2.24) is 8.87 Å². The van der Waals surface area contributed by atoms with Gasteiger partial charge >= 0.3 is 0 Å². The minimum atomic E-state index is -3.58. The molecule has 3 heterocycles. The lowest BCUT2D eigenvalue weighted by molar-refractivity contribution is 0.340. The van der Waals surface area contributed by atoms with Crippen LogP contribution in [-0.4, -0.2) is 44.0 Å². The zero-order chi connectivity index (χ0) is 18.8. The molecular formula is C21H22N2O3S. The molecule has 2 aliphatic rings. The minimum Gasteiger partial charge on any atom is -0.494 e. The number of hydrogen-bond acceptors (Lipinski definition) is 4. The number of benzene rings is 2. The maximum absolute atomic E-state index is 13.3. The zero-order valence-corrected chi connectivity index (χ0v) is 16.3. The molecule has 6 heteroatoms. The van der Waals surface area contributed by atoms with Crippen molar-refractivity contribution >= 4 is 20.9 Å². The van der Waals surface area contributed by atoms with Crippen molar-refractivity contribution in [1.29, 1.82) is 0 Å². The fraction of sp³-hybridized carbons (Fsp3) is 0.333. The monoisotopic (exact) mass is 382 g/mol. The Hall–Kier alpha value is -2.31. The van der Waals surface area contributed by atoms with Gasteiger partial charge in [-0.1, -0.05) is 18.2 Å². The highest BCUT2D eigenvalue weighted by atomic mass is 32.2. The van der Waals surface area contributed by atoms with E-state index in [4.69, 9.17) is 4.74 Å². The van der Waals surface area contributed by atoms with Gasteiger partial charge in [0.2, 0.25) is 0 Å². The molecule has 1 saturated heterocycles. The molecule has 0 spiro atoms. The smallest absolute Gasteiger partial charge is 0.269 e. The zero-order valence-electron chi connectivity index (χ0n) is 15.5. The second kappa shape index (κ2) is 5.84. The maximum atomic E-state index is 13.3. The summed E-state index contributed by atoms with van der Waals surface area (Å²) in [5, 5.41) is 0.995. The van der Waals surface area contributed by atoms with Gasteiger partial charge in [0, 0.05) is 23.4 Å². The number of rotatable bonds is 3. The summed E-state index contributed by atoms with van der Waals surface area (Å²) in [5.41, 5.74) is 3.55. The third-order valence-electron chi connectivity index (χ3n) is 5.71. The van der Waals surface area contributed by atoms with Crippen molar-refractivity contribution in [3.63, 3.8) is 0 Å². The molecule has 140 valence electrons. The molecule has 1 aromatic heterocycles. The van der Waals surface area contributed by atoms with Gasteiger partial charge in [0.05, 0.1) is 22.7 Å². The van der Waals surface area contributed by atoms with Gasteiger partial charge in [0.15, 0.2) is 0 Å². The summed E-state index contributed by atoms with van der Waals surface area (Å²) in [5.74, 6) is 1.10. The molecule has 0 aliphatic carbocycles. The predicted molar refractivity (Wildman–Crippen MR) is 106 cm³/mol. The summed E-state index contributed by atoms with van der Waals surface area (Å²) in [6.45, 7) is 4.50. The highest BCUT2D eigenvalue weighted by Gasteiger charge is 2.39. The van der Waals surface area contributed by atoms with E-state index >= 15 is 0 Å². The van der Waals surface area contributed by atoms with Crippen LogP contribution in [0.2, 0.25) is 0 Å². The first-order valence-electron chi connectivity index (χ1n) is 9.37. The minimum absolute atomic E-state index is 0.312. The average molecular weight is 382 g/mol. The molecule has 0 amide bonds. The van der Waals surface area contributed by atoms with E-state index in [1.54, 1.807) is 16.1 Å². The van der Waals surface area contributed by atoms with E-state index in [1.807, 2.05) is 37.3 Å². The van der Waals surface area contributed by atoms with E-state index in [0.29, 0.717) is 17.4 Å². The molecular weight excluding hydrogens is 360 g/mol. The number of hydrogen-bond donors (Lipinski definition) is 0. The molecule has 3 aromatic rings. The van der Waals surface area contributed by atoms with Crippen LogP contribution in [0.3, 0.4) is 0 Å². The first-order valence-corrected chi connectivity index (χ1v) is 10.8. The van der Waals surface area contributed by atoms with E-state index in [1.165, 1.54) is 0 Å². The summed E-state index contributed by atoms with van der Waals surface area (Å²) >= 11 is 0. The van der Waals surface area contributed by atoms with E-state index in [0.717, 1.165) is 53.0 Å².